The van der Waals surface area contributed by atoms with Crippen LogP contribution in [0.3, 0.4) is 0 Å². The van der Waals surface area contributed by atoms with Crippen LogP contribution in [0.15, 0.2) is 41.9 Å². The van der Waals surface area contributed by atoms with E-state index in [9.17, 15) is 14.4 Å². The molecular weight excluding hydrogens is 340 g/mol. The van der Waals surface area contributed by atoms with Crippen molar-refractivity contribution in [3.05, 3.63) is 47.5 Å². The molecule has 1 aliphatic heterocycles. The molecule has 1 atom stereocenters. The monoisotopic (exact) mass is 358 g/mol. The van der Waals surface area contributed by atoms with Gasteiger partial charge in [-0.3, -0.25) is 19.4 Å². The summed E-state index contributed by atoms with van der Waals surface area (Å²) in [5.41, 5.74) is -0.419. The molecule has 130 valence electrons. The van der Waals surface area contributed by atoms with Crippen molar-refractivity contribution >= 4 is 34.3 Å². The molecule has 0 spiro atoms. The highest BCUT2D eigenvalue weighted by Gasteiger charge is 2.51. The molecule has 1 aromatic heterocycles. The van der Waals surface area contributed by atoms with E-state index in [-0.39, 0.29) is 12.5 Å². The summed E-state index contributed by atoms with van der Waals surface area (Å²) in [4.78, 5) is 44.2. The van der Waals surface area contributed by atoms with Gasteiger partial charge in [0, 0.05) is 18.6 Å². The Balaban J connectivity index is 1.83. The Hall–Kier alpha value is -2.74. The van der Waals surface area contributed by atoms with Crippen molar-refractivity contribution in [2.24, 2.45) is 0 Å². The zero-order valence-electron chi connectivity index (χ0n) is 13.9. The van der Waals surface area contributed by atoms with Crippen LogP contribution in [0.1, 0.15) is 18.9 Å². The molecule has 25 heavy (non-hydrogen) atoms. The smallest absolute Gasteiger partial charge is 0.319 e. The SMILES string of the molecule is CC[C@]1(c2ccccc2)NC(=O)N(CC(=O)N(C)c2nccs2)C1=O. The second-order valence-corrected chi connectivity index (χ2v) is 6.59. The van der Waals surface area contributed by atoms with E-state index < -0.39 is 17.5 Å². The van der Waals surface area contributed by atoms with Crippen LogP contribution in [-0.4, -0.2) is 41.3 Å². The zero-order valence-corrected chi connectivity index (χ0v) is 14.7. The summed E-state index contributed by atoms with van der Waals surface area (Å²) in [6.45, 7) is 1.51. The molecule has 1 aliphatic rings. The van der Waals surface area contributed by atoms with Crippen molar-refractivity contribution in [1.82, 2.24) is 15.2 Å². The van der Waals surface area contributed by atoms with Crippen LogP contribution < -0.4 is 10.2 Å². The Morgan fingerprint density at radius 3 is 2.64 bits per heavy atom. The van der Waals surface area contributed by atoms with Gasteiger partial charge in [-0.1, -0.05) is 37.3 Å². The lowest BCUT2D eigenvalue weighted by Gasteiger charge is -2.26. The van der Waals surface area contributed by atoms with E-state index in [0.717, 1.165) is 4.90 Å². The van der Waals surface area contributed by atoms with Crippen molar-refractivity contribution in [1.29, 1.82) is 0 Å². The number of amides is 4. The molecule has 0 aliphatic carbocycles. The molecule has 3 rings (SSSR count). The second kappa shape index (κ2) is 6.64. The van der Waals surface area contributed by atoms with E-state index in [1.165, 1.54) is 16.2 Å². The fourth-order valence-corrected chi connectivity index (χ4v) is 3.49. The molecule has 0 saturated carbocycles. The number of nitrogens with zero attached hydrogens (tertiary/aromatic N) is 3. The quantitative estimate of drug-likeness (QED) is 0.829. The van der Waals surface area contributed by atoms with Gasteiger partial charge < -0.3 is 5.32 Å². The maximum atomic E-state index is 13.0. The van der Waals surface area contributed by atoms with E-state index in [1.54, 1.807) is 30.8 Å². The van der Waals surface area contributed by atoms with Crippen LogP contribution >= 0.6 is 11.3 Å². The topological polar surface area (TPSA) is 82.6 Å². The van der Waals surface area contributed by atoms with Crippen molar-refractivity contribution in [3.63, 3.8) is 0 Å². The molecule has 1 fully saturated rings. The number of thiazole rings is 1. The number of carbonyl (C=O) groups is 3. The summed E-state index contributed by atoms with van der Waals surface area (Å²) in [5, 5.41) is 5.04. The number of urea groups is 1. The lowest BCUT2D eigenvalue weighted by Crippen LogP contribution is -2.45. The molecule has 7 nitrogen and oxygen atoms in total. The first-order valence-electron chi connectivity index (χ1n) is 7.85. The van der Waals surface area contributed by atoms with Crippen LogP contribution in [0.25, 0.3) is 0 Å². The van der Waals surface area contributed by atoms with Crippen LogP contribution in [0, 0.1) is 0 Å². The molecule has 2 heterocycles. The highest BCUT2D eigenvalue weighted by Crippen LogP contribution is 2.32. The number of hydrogen-bond acceptors (Lipinski definition) is 5. The number of hydrogen-bond donors (Lipinski definition) is 1. The first kappa shape index (κ1) is 17.1. The Kier molecular flexibility index (Phi) is 4.54. The van der Waals surface area contributed by atoms with Gasteiger partial charge >= 0.3 is 6.03 Å². The van der Waals surface area contributed by atoms with Crippen LogP contribution in [0.4, 0.5) is 9.93 Å². The van der Waals surface area contributed by atoms with E-state index in [0.29, 0.717) is 17.1 Å². The van der Waals surface area contributed by atoms with Gasteiger partial charge in [0.25, 0.3) is 5.91 Å². The van der Waals surface area contributed by atoms with Gasteiger partial charge in [0.1, 0.15) is 12.1 Å². The summed E-state index contributed by atoms with van der Waals surface area (Å²) in [6, 6.07) is 8.52. The fraction of sp³-hybridized carbons (Fsp3) is 0.294. The first-order valence-corrected chi connectivity index (χ1v) is 8.73. The number of aromatic nitrogens is 1. The van der Waals surface area contributed by atoms with Gasteiger partial charge in [-0.2, -0.15) is 0 Å². The average molecular weight is 358 g/mol. The highest BCUT2D eigenvalue weighted by atomic mass is 32.1. The molecule has 1 N–H and O–H groups in total. The molecule has 1 aromatic carbocycles. The third-order valence-corrected chi connectivity index (χ3v) is 5.19. The van der Waals surface area contributed by atoms with Crippen LogP contribution in [0.5, 0.6) is 0 Å². The second-order valence-electron chi connectivity index (χ2n) is 5.71. The van der Waals surface area contributed by atoms with Gasteiger partial charge in [0.2, 0.25) is 5.91 Å². The normalized spacial score (nSPS) is 19.8. The van der Waals surface area contributed by atoms with Gasteiger partial charge in [0.15, 0.2) is 5.13 Å². The Morgan fingerprint density at radius 1 is 1.32 bits per heavy atom. The Morgan fingerprint density at radius 2 is 2.04 bits per heavy atom. The van der Waals surface area contributed by atoms with Crippen molar-refractivity contribution in [2.75, 3.05) is 18.5 Å². The third-order valence-electron chi connectivity index (χ3n) is 4.35. The zero-order chi connectivity index (χ0) is 18.0. The van der Waals surface area contributed by atoms with Gasteiger partial charge in [0.05, 0.1) is 0 Å². The molecular formula is C17H18N4O3S. The van der Waals surface area contributed by atoms with Gasteiger partial charge in [-0.25, -0.2) is 9.78 Å². The van der Waals surface area contributed by atoms with Crippen LogP contribution in [-0.2, 0) is 15.1 Å². The summed E-state index contributed by atoms with van der Waals surface area (Å²) in [6.07, 6.45) is 1.99. The predicted octanol–water partition coefficient (Wildman–Crippen LogP) is 1.96. The van der Waals surface area contributed by atoms with E-state index in [2.05, 4.69) is 10.3 Å². The summed E-state index contributed by atoms with van der Waals surface area (Å²) in [5.74, 6) is -0.787. The molecule has 4 amide bonds. The van der Waals surface area contributed by atoms with E-state index in [1.807, 2.05) is 25.1 Å². The average Bonchev–Trinajstić information content (AvgIpc) is 3.25. The lowest BCUT2D eigenvalue weighted by atomic mass is 9.87. The highest BCUT2D eigenvalue weighted by molar-refractivity contribution is 7.13. The number of imide groups is 1. The van der Waals surface area contributed by atoms with Crippen molar-refractivity contribution in [2.45, 2.75) is 18.9 Å². The molecule has 0 radical (unpaired) electrons. The minimum Gasteiger partial charge on any atom is -0.319 e. The van der Waals surface area contributed by atoms with Gasteiger partial charge in [-0.05, 0) is 12.0 Å². The lowest BCUT2D eigenvalue weighted by molar-refractivity contribution is -0.134. The first-order chi connectivity index (χ1) is 12.0. The van der Waals surface area contributed by atoms with E-state index >= 15 is 0 Å². The predicted molar refractivity (Wildman–Crippen MR) is 94.2 cm³/mol. The standard InChI is InChI=1S/C17H18N4O3S/c1-3-17(12-7-5-4-6-8-12)14(23)21(15(24)19-17)11-13(22)20(2)16-18-9-10-25-16/h4-10H,3,11H2,1-2H3,(H,19,24)/t17-/m1/s1. The molecule has 2 aromatic rings. The molecule has 1 saturated heterocycles. The van der Waals surface area contributed by atoms with E-state index in [4.69, 9.17) is 0 Å². The maximum absolute atomic E-state index is 13.0. The van der Waals surface area contributed by atoms with Crippen molar-refractivity contribution < 1.29 is 14.4 Å². The van der Waals surface area contributed by atoms with Crippen LogP contribution in [0.2, 0.25) is 0 Å². The largest absolute Gasteiger partial charge is 0.325 e. The molecule has 8 heteroatoms. The Bertz CT molecular complexity index is 793. The van der Waals surface area contributed by atoms with Gasteiger partial charge in [-0.15, -0.1) is 11.3 Å². The van der Waals surface area contributed by atoms with Crippen molar-refractivity contribution in [3.8, 4) is 0 Å². The summed E-state index contributed by atoms with van der Waals surface area (Å²) >= 11 is 1.31. The number of rotatable bonds is 5. The summed E-state index contributed by atoms with van der Waals surface area (Å²) in [7, 11) is 1.57. The number of nitrogens with one attached hydrogen (secondary N) is 1. The number of benzene rings is 1. The fourth-order valence-electron chi connectivity index (χ4n) is 2.86. The molecule has 0 bridgehead atoms. The maximum Gasteiger partial charge on any atom is 0.325 e. The number of carbonyl (C=O) groups excluding carboxylic acids is 3. The summed E-state index contributed by atoms with van der Waals surface area (Å²) < 4.78 is 0. The number of anilines is 1. The minimum absolute atomic E-state index is 0.324. The third kappa shape index (κ3) is 2.89. The number of likely N-dealkylation sites (N-methyl/N-ethyl adjacent to an activating group) is 1. The minimum atomic E-state index is -1.13. The Labute approximate surface area is 149 Å². The molecule has 0 unspecified atom stereocenters.